The molecular weight excluding hydrogens is 386 g/mol. The normalized spacial score (nSPS) is 17.3. The van der Waals surface area contributed by atoms with E-state index >= 15 is 0 Å². The van der Waals surface area contributed by atoms with Gasteiger partial charge in [0.2, 0.25) is 5.16 Å². The maximum atomic E-state index is 6.42. The Kier molecular flexibility index (Phi) is 4.22. The Bertz CT molecular complexity index is 1140. The molecule has 1 saturated heterocycles. The largest absolute Gasteiger partial charge is 0.376 e. The molecule has 0 saturated carbocycles. The van der Waals surface area contributed by atoms with E-state index in [0.29, 0.717) is 22.4 Å². The van der Waals surface area contributed by atoms with Crippen LogP contribution in [0.5, 0.6) is 0 Å². The summed E-state index contributed by atoms with van der Waals surface area (Å²) in [7, 11) is 0. The highest BCUT2D eigenvalue weighted by Gasteiger charge is 2.21. The van der Waals surface area contributed by atoms with Crippen molar-refractivity contribution in [2.24, 2.45) is 0 Å². The van der Waals surface area contributed by atoms with Gasteiger partial charge in [-0.05, 0) is 48.0 Å². The zero-order valence-corrected chi connectivity index (χ0v) is 16.1. The lowest BCUT2D eigenvalue weighted by molar-refractivity contribution is 0.0912. The average molecular weight is 402 g/mol. The van der Waals surface area contributed by atoms with E-state index in [0.717, 1.165) is 41.1 Å². The minimum absolute atomic E-state index is 0.159. The first-order chi connectivity index (χ1) is 13.2. The van der Waals surface area contributed by atoms with Gasteiger partial charge in [0.15, 0.2) is 5.65 Å². The van der Waals surface area contributed by atoms with Gasteiger partial charge in [0.25, 0.3) is 0 Å². The minimum atomic E-state index is 0.159. The molecule has 3 aromatic heterocycles. The summed E-state index contributed by atoms with van der Waals surface area (Å²) in [4.78, 5) is 4.76. The summed E-state index contributed by atoms with van der Waals surface area (Å²) in [6.07, 6.45) is 2.27. The molecule has 0 aliphatic carbocycles. The predicted molar refractivity (Wildman–Crippen MR) is 101 cm³/mol. The third kappa shape index (κ3) is 2.95. The maximum absolute atomic E-state index is 6.42. The van der Waals surface area contributed by atoms with Crippen molar-refractivity contribution < 1.29 is 4.74 Å². The van der Waals surface area contributed by atoms with E-state index in [2.05, 4.69) is 20.6 Å². The Morgan fingerprint density at radius 1 is 1.33 bits per heavy atom. The first-order valence-corrected chi connectivity index (χ1v) is 9.89. The number of para-hydroxylation sites is 1. The highest BCUT2D eigenvalue weighted by atomic mass is 35.5. The SMILES string of the molecule is Cc1nn2c(nc(Sc3nnnn3CC3CCCO3)c3ccccc32)c1Cl. The quantitative estimate of drug-likeness (QED) is 0.485. The van der Waals surface area contributed by atoms with Gasteiger partial charge >= 0.3 is 0 Å². The van der Waals surface area contributed by atoms with Crippen LogP contribution in [0.3, 0.4) is 0 Å². The van der Waals surface area contributed by atoms with Crippen molar-refractivity contribution >= 4 is 39.9 Å². The number of aryl methyl sites for hydroxylation is 1. The summed E-state index contributed by atoms with van der Waals surface area (Å²) >= 11 is 7.85. The number of rotatable bonds is 4. The van der Waals surface area contributed by atoms with E-state index < -0.39 is 0 Å². The van der Waals surface area contributed by atoms with Gasteiger partial charge in [-0.25, -0.2) is 14.2 Å². The fourth-order valence-corrected chi connectivity index (χ4v) is 4.33. The molecule has 1 unspecified atom stereocenters. The summed E-state index contributed by atoms with van der Waals surface area (Å²) in [5.41, 5.74) is 2.33. The number of nitrogens with zero attached hydrogens (tertiary/aromatic N) is 7. The molecule has 1 aliphatic heterocycles. The van der Waals surface area contributed by atoms with Gasteiger partial charge in [-0.3, -0.25) is 0 Å². The summed E-state index contributed by atoms with van der Waals surface area (Å²) < 4.78 is 9.27. The summed E-state index contributed by atoms with van der Waals surface area (Å²) in [5, 5.41) is 19.7. The molecule has 0 N–H and O–H groups in total. The van der Waals surface area contributed by atoms with E-state index in [4.69, 9.17) is 21.3 Å². The van der Waals surface area contributed by atoms with Crippen LogP contribution in [0.2, 0.25) is 5.02 Å². The first-order valence-electron chi connectivity index (χ1n) is 8.70. The van der Waals surface area contributed by atoms with E-state index in [1.807, 2.05) is 31.2 Å². The Labute approximate surface area is 163 Å². The standard InChI is InChI=1S/C17H16ClN7OS/c1-10-14(18)15-19-16(12-6-2-3-7-13(12)25(15)21-10)27-17-20-22-23-24(17)9-11-5-4-8-26-11/h2-3,6-7,11H,4-5,8-9H2,1H3. The summed E-state index contributed by atoms with van der Waals surface area (Å²) in [5.74, 6) is 0. The van der Waals surface area contributed by atoms with Crippen LogP contribution in [-0.2, 0) is 11.3 Å². The third-order valence-corrected chi connectivity index (χ3v) is 6.04. The van der Waals surface area contributed by atoms with Gasteiger partial charge in [0.1, 0.15) is 10.0 Å². The molecule has 1 aliphatic rings. The molecule has 4 aromatic rings. The van der Waals surface area contributed by atoms with E-state index in [-0.39, 0.29) is 6.10 Å². The molecule has 4 heterocycles. The van der Waals surface area contributed by atoms with Gasteiger partial charge in [0.05, 0.1) is 23.9 Å². The topological polar surface area (TPSA) is 83.0 Å². The predicted octanol–water partition coefficient (Wildman–Crippen LogP) is 3.16. The van der Waals surface area contributed by atoms with Gasteiger partial charge < -0.3 is 4.74 Å². The van der Waals surface area contributed by atoms with Crippen molar-refractivity contribution in [1.29, 1.82) is 0 Å². The van der Waals surface area contributed by atoms with Crippen molar-refractivity contribution in [3.63, 3.8) is 0 Å². The molecule has 5 rings (SSSR count). The van der Waals surface area contributed by atoms with Crippen molar-refractivity contribution in [2.45, 2.75) is 42.6 Å². The second kappa shape index (κ2) is 6.74. The van der Waals surface area contributed by atoms with Crippen LogP contribution in [0.1, 0.15) is 18.5 Å². The second-order valence-electron chi connectivity index (χ2n) is 6.45. The van der Waals surface area contributed by atoms with E-state index in [9.17, 15) is 0 Å². The Morgan fingerprint density at radius 2 is 2.22 bits per heavy atom. The molecular formula is C17H16ClN7OS. The van der Waals surface area contributed by atoms with Crippen LogP contribution >= 0.6 is 23.4 Å². The lowest BCUT2D eigenvalue weighted by Crippen LogP contribution is -2.16. The number of ether oxygens (including phenoxy) is 1. The number of aromatic nitrogens is 7. The fraction of sp³-hybridized carbons (Fsp3) is 0.353. The Balaban J connectivity index is 1.59. The monoisotopic (exact) mass is 401 g/mol. The van der Waals surface area contributed by atoms with Gasteiger partial charge in [0, 0.05) is 12.0 Å². The lowest BCUT2D eigenvalue weighted by Gasteiger charge is -2.11. The van der Waals surface area contributed by atoms with Crippen LogP contribution in [-0.4, -0.2) is 47.5 Å². The van der Waals surface area contributed by atoms with Crippen molar-refractivity contribution in [3.8, 4) is 0 Å². The molecule has 1 atom stereocenters. The summed E-state index contributed by atoms with van der Waals surface area (Å²) in [6, 6.07) is 7.98. The number of benzene rings is 1. The van der Waals surface area contributed by atoms with Crippen LogP contribution < -0.4 is 0 Å². The molecule has 1 fully saturated rings. The zero-order valence-electron chi connectivity index (χ0n) is 14.5. The lowest BCUT2D eigenvalue weighted by atomic mass is 10.2. The molecule has 0 bridgehead atoms. The van der Waals surface area contributed by atoms with E-state index in [1.54, 1.807) is 9.20 Å². The molecule has 0 spiro atoms. The van der Waals surface area contributed by atoms with E-state index in [1.165, 1.54) is 11.8 Å². The molecule has 0 amide bonds. The number of fused-ring (bicyclic) bond motifs is 3. The third-order valence-electron chi connectivity index (χ3n) is 4.62. The van der Waals surface area contributed by atoms with Crippen LogP contribution in [0.25, 0.3) is 16.6 Å². The number of halogens is 1. The maximum Gasteiger partial charge on any atom is 0.215 e. The molecule has 27 heavy (non-hydrogen) atoms. The summed E-state index contributed by atoms with van der Waals surface area (Å²) in [6.45, 7) is 3.32. The average Bonchev–Trinajstić information content (AvgIpc) is 3.40. The molecule has 138 valence electrons. The second-order valence-corrected chi connectivity index (χ2v) is 7.78. The highest BCUT2D eigenvalue weighted by molar-refractivity contribution is 7.99. The van der Waals surface area contributed by atoms with Crippen molar-refractivity contribution in [2.75, 3.05) is 6.61 Å². The smallest absolute Gasteiger partial charge is 0.215 e. The van der Waals surface area contributed by atoms with Crippen LogP contribution in [0, 0.1) is 6.92 Å². The Hall–Kier alpha value is -2.23. The number of hydrogen-bond acceptors (Lipinski definition) is 7. The number of hydrogen-bond donors (Lipinski definition) is 0. The molecule has 0 radical (unpaired) electrons. The molecule has 1 aromatic carbocycles. The molecule has 10 heteroatoms. The molecule has 8 nitrogen and oxygen atoms in total. The van der Waals surface area contributed by atoms with Gasteiger partial charge in [-0.2, -0.15) is 5.10 Å². The van der Waals surface area contributed by atoms with Gasteiger partial charge in [-0.1, -0.05) is 29.8 Å². The van der Waals surface area contributed by atoms with Crippen molar-refractivity contribution in [3.05, 3.63) is 35.0 Å². The van der Waals surface area contributed by atoms with Crippen LogP contribution in [0.4, 0.5) is 0 Å². The fourth-order valence-electron chi connectivity index (χ4n) is 3.29. The zero-order chi connectivity index (χ0) is 18.4. The minimum Gasteiger partial charge on any atom is -0.376 e. The number of tetrazole rings is 1. The van der Waals surface area contributed by atoms with Gasteiger partial charge in [-0.15, -0.1) is 5.10 Å². The Morgan fingerprint density at radius 3 is 3.07 bits per heavy atom. The highest BCUT2D eigenvalue weighted by Crippen LogP contribution is 2.33. The van der Waals surface area contributed by atoms with Crippen molar-refractivity contribution in [1.82, 2.24) is 34.8 Å². The first kappa shape index (κ1) is 16.9. The van der Waals surface area contributed by atoms with Crippen LogP contribution in [0.15, 0.2) is 34.4 Å².